The van der Waals surface area contributed by atoms with Gasteiger partial charge in [-0.25, -0.2) is 4.79 Å². The van der Waals surface area contributed by atoms with Crippen LogP contribution in [0.15, 0.2) is 30.3 Å². The van der Waals surface area contributed by atoms with Crippen LogP contribution in [0.25, 0.3) is 0 Å². The summed E-state index contributed by atoms with van der Waals surface area (Å²) in [6, 6.07) is 11.3. The third-order valence-electron chi connectivity index (χ3n) is 5.46. The SMILES string of the molecule is O=C(NCc1ccccc1)N(C1CCCCC1)C1CCCCC1. The van der Waals surface area contributed by atoms with Crippen LogP contribution in [-0.4, -0.2) is 23.0 Å². The molecule has 0 atom stereocenters. The molecule has 126 valence electrons. The Bertz CT molecular complexity index is 458. The number of urea groups is 1. The van der Waals surface area contributed by atoms with Gasteiger partial charge in [-0.1, -0.05) is 68.9 Å². The van der Waals surface area contributed by atoms with E-state index in [1.807, 2.05) is 18.2 Å². The maximum atomic E-state index is 12.9. The number of benzene rings is 1. The molecule has 3 nitrogen and oxygen atoms in total. The predicted molar refractivity (Wildman–Crippen MR) is 94.3 cm³/mol. The molecule has 0 saturated heterocycles. The van der Waals surface area contributed by atoms with Crippen LogP contribution in [0.2, 0.25) is 0 Å². The monoisotopic (exact) mass is 314 g/mol. The molecular weight excluding hydrogens is 284 g/mol. The lowest BCUT2D eigenvalue weighted by Gasteiger charge is -2.41. The molecular formula is C20H30N2O. The first-order valence-electron chi connectivity index (χ1n) is 9.44. The molecule has 2 aliphatic carbocycles. The minimum Gasteiger partial charge on any atom is -0.334 e. The number of hydrogen-bond donors (Lipinski definition) is 1. The number of nitrogens with one attached hydrogen (secondary N) is 1. The highest BCUT2D eigenvalue weighted by molar-refractivity contribution is 5.75. The van der Waals surface area contributed by atoms with Crippen LogP contribution in [0.4, 0.5) is 4.79 Å². The largest absolute Gasteiger partial charge is 0.334 e. The summed E-state index contributed by atoms with van der Waals surface area (Å²) in [6.07, 6.45) is 12.5. The van der Waals surface area contributed by atoms with Crippen LogP contribution in [0, 0.1) is 0 Å². The van der Waals surface area contributed by atoms with Crippen LogP contribution in [0.3, 0.4) is 0 Å². The van der Waals surface area contributed by atoms with Crippen LogP contribution in [0.1, 0.15) is 69.8 Å². The Hall–Kier alpha value is -1.51. The van der Waals surface area contributed by atoms with Gasteiger partial charge < -0.3 is 10.2 Å². The summed E-state index contributed by atoms with van der Waals surface area (Å²) >= 11 is 0. The van der Waals surface area contributed by atoms with Crippen molar-refractivity contribution >= 4 is 6.03 Å². The zero-order valence-corrected chi connectivity index (χ0v) is 14.2. The first kappa shape index (κ1) is 16.4. The highest BCUT2D eigenvalue weighted by Crippen LogP contribution is 2.30. The van der Waals surface area contributed by atoms with E-state index in [2.05, 4.69) is 22.3 Å². The third-order valence-corrected chi connectivity index (χ3v) is 5.46. The van der Waals surface area contributed by atoms with Crippen molar-refractivity contribution in [3.63, 3.8) is 0 Å². The Morgan fingerprint density at radius 3 is 1.91 bits per heavy atom. The lowest BCUT2D eigenvalue weighted by Crippen LogP contribution is -2.52. The van der Waals surface area contributed by atoms with Gasteiger partial charge in [0, 0.05) is 18.6 Å². The average Bonchev–Trinajstić information content (AvgIpc) is 2.63. The maximum Gasteiger partial charge on any atom is 0.318 e. The summed E-state index contributed by atoms with van der Waals surface area (Å²) < 4.78 is 0. The molecule has 2 fully saturated rings. The first-order chi connectivity index (χ1) is 11.3. The van der Waals surface area contributed by atoms with Crippen LogP contribution in [0.5, 0.6) is 0 Å². The van der Waals surface area contributed by atoms with Crippen molar-refractivity contribution in [2.24, 2.45) is 0 Å². The van der Waals surface area contributed by atoms with Gasteiger partial charge in [-0.15, -0.1) is 0 Å². The Morgan fingerprint density at radius 1 is 0.870 bits per heavy atom. The lowest BCUT2D eigenvalue weighted by molar-refractivity contribution is 0.104. The van der Waals surface area contributed by atoms with Crippen LogP contribution in [-0.2, 0) is 6.54 Å². The van der Waals surface area contributed by atoms with E-state index < -0.39 is 0 Å². The van der Waals surface area contributed by atoms with Crippen molar-refractivity contribution < 1.29 is 4.79 Å². The number of carbonyl (C=O) groups excluding carboxylic acids is 1. The van der Waals surface area contributed by atoms with Gasteiger partial charge in [-0.2, -0.15) is 0 Å². The van der Waals surface area contributed by atoms with Crippen LogP contribution >= 0.6 is 0 Å². The van der Waals surface area contributed by atoms with Crippen molar-refractivity contribution in [3.8, 4) is 0 Å². The molecule has 1 aromatic carbocycles. The highest BCUT2D eigenvalue weighted by Gasteiger charge is 2.32. The Labute approximate surface area is 140 Å². The van der Waals surface area contributed by atoms with E-state index in [0.29, 0.717) is 18.6 Å². The van der Waals surface area contributed by atoms with E-state index in [1.165, 1.54) is 69.8 Å². The quantitative estimate of drug-likeness (QED) is 0.845. The fourth-order valence-electron chi connectivity index (χ4n) is 4.21. The van der Waals surface area contributed by atoms with Gasteiger partial charge in [-0.3, -0.25) is 0 Å². The summed E-state index contributed by atoms with van der Waals surface area (Å²) in [5.74, 6) is 0. The Kier molecular flexibility index (Phi) is 5.95. The molecule has 0 heterocycles. The normalized spacial score (nSPS) is 20.2. The van der Waals surface area contributed by atoms with Gasteiger partial charge >= 0.3 is 6.03 Å². The second-order valence-electron chi connectivity index (χ2n) is 7.14. The Balaban J connectivity index is 1.64. The van der Waals surface area contributed by atoms with Gasteiger partial charge in [0.25, 0.3) is 0 Å². The van der Waals surface area contributed by atoms with Crippen molar-refractivity contribution in [1.29, 1.82) is 0 Å². The number of carbonyl (C=O) groups is 1. The van der Waals surface area contributed by atoms with E-state index in [0.717, 1.165) is 0 Å². The van der Waals surface area contributed by atoms with E-state index in [9.17, 15) is 4.79 Å². The minimum absolute atomic E-state index is 0.160. The number of amides is 2. The van der Waals surface area contributed by atoms with E-state index in [-0.39, 0.29) is 6.03 Å². The zero-order chi connectivity index (χ0) is 15.9. The molecule has 0 unspecified atom stereocenters. The predicted octanol–water partition coefficient (Wildman–Crippen LogP) is 4.86. The first-order valence-corrected chi connectivity index (χ1v) is 9.44. The van der Waals surface area contributed by atoms with Crippen molar-refractivity contribution in [2.45, 2.75) is 82.8 Å². The fraction of sp³-hybridized carbons (Fsp3) is 0.650. The van der Waals surface area contributed by atoms with Crippen molar-refractivity contribution in [2.75, 3.05) is 0 Å². The van der Waals surface area contributed by atoms with Gasteiger partial charge in [0.2, 0.25) is 0 Å². The summed E-state index contributed by atoms with van der Waals surface area (Å²) in [5, 5.41) is 3.18. The second kappa shape index (κ2) is 8.37. The fourth-order valence-corrected chi connectivity index (χ4v) is 4.21. The standard InChI is InChI=1S/C20H30N2O/c23-20(21-16-17-10-4-1-5-11-17)22(18-12-6-2-7-13-18)19-14-8-3-9-15-19/h1,4-5,10-11,18-19H,2-3,6-9,12-16H2,(H,21,23). The minimum atomic E-state index is 0.160. The lowest BCUT2D eigenvalue weighted by atomic mass is 9.89. The molecule has 0 radical (unpaired) electrons. The molecule has 1 N–H and O–H groups in total. The third kappa shape index (κ3) is 4.49. The summed E-state index contributed by atoms with van der Waals surface area (Å²) in [7, 11) is 0. The average molecular weight is 314 g/mol. The molecule has 23 heavy (non-hydrogen) atoms. The molecule has 0 aromatic heterocycles. The van der Waals surface area contributed by atoms with Crippen LogP contribution < -0.4 is 5.32 Å². The Morgan fingerprint density at radius 2 is 1.39 bits per heavy atom. The van der Waals surface area contributed by atoms with Gasteiger partial charge in [0.15, 0.2) is 0 Å². The summed E-state index contributed by atoms with van der Waals surface area (Å²) in [4.78, 5) is 15.2. The second-order valence-corrected chi connectivity index (χ2v) is 7.14. The van der Waals surface area contributed by atoms with Gasteiger partial charge in [0.05, 0.1) is 0 Å². The number of hydrogen-bond acceptors (Lipinski definition) is 1. The molecule has 3 heteroatoms. The molecule has 0 bridgehead atoms. The highest BCUT2D eigenvalue weighted by atomic mass is 16.2. The summed E-state index contributed by atoms with van der Waals surface area (Å²) in [6.45, 7) is 0.635. The maximum absolute atomic E-state index is 12.9. The molecule has 2 aliphatic rings. The molecule has 0 spiro atoms. The molecule has 2 amide bonds. The molecule has 1 aromatic rings. The van der Waals surface area contributed by atoms with E-state index in [4.69, 9.17) is 0 Å². The van der Waals surface area contributed by atoms with Gasteiger partial charge in [-0.05, 0) is 31.2 Å². The van der Waals surface area contributed by atoms with Crippen molar-refractivity contribution in [3.05, 3.63) is 35.9 Å². The smallest absolute Gasteiger partial charge is 0.318 e. The zero-order valence-electron chi connectivity index (χ0n) is 14.2. The summed E-state index contributed by atoms with van der Waals surface area (Å²) in [5.41, 5.74) is 1.17. The number of rotatable bonds is 4. The van der Waals surface area contributed by atoms with Gasteiger partial charge in [0.1, 0.15) is 0 Å². The molecule has 0 aliphatic heterocycles. The topological polar surface area (TPSA) is 32.3 Å². The molecule has 2 saturated carbocycles. The number of nitrogens with zero attached hydrogens (tertiary/aromatic N) is 1. The van der Waals surface area contributed by atoms with Crippen molar-refractivity contribution in [1.82, 2.24) is 10.2 Å². The van der Waals surface area contributed by atoms with E-state index >= 15 is 0 Å². The van der Waals surface area contributed by atoms with E-state index in [1.54, 1.807) is 0 Å². The molecule has 3 rings (SSSR count).